The van der Waals surface area contributed by atoms with E-state index in [1.54, 1.807) is 24.3 Å². The van der Waals surface area contributed by atoms with Crippen LogP contribution in [0.4, 0.5) is 5.69 Å². The molecule has 0 spiro atoms. The van der Waals surface area contributed by atoms with Crippen molar-refractivity contribution in [3.63, 3.8) is 0 Å². The van der Waals surface area contributed by atoms with E-state index in [1.807, 2.05) is 6.92 Å². The van der Waals surface area contributed by atoms with Gasteiger partial charge in [-0.25, -0.2) is 0 Å². The van der Waals surface area contributed by atoms with Crippen LogP contribution in [-0.2, 0) is 15.0 Å². The fourth-order valence-corrected chi connectivity index (χ4v) is 2.43. The summed E-state index contributed by atoms with van der Waals surface area (Å²) in [7, 11) is 0. The lowest BCUT2D eigenvalue weighted by Crippen LogP contribution is -2.19. The first-order chi connectivity index (χ1) is 9.94. The van der Waals surface area contributed by atoms with Gasteiger partial charge in [-0.05, 0) is 50.3 Å². The molecular formula is C16H22N2O3. The summed E-state index contributed by atoms with van der Waals surface area (Å²) in [5.41, 5.74) is 6.45. The minimum Gasteiger partial charge on any atom is -0.481 e. The van der Waals surface area contributed by atoms with Crippen molar-refractivity contribution >= 4 is 17.6 Å². The highest BCUT2D eigenvalue weighted by molar-refractivity contribution is 5.91. The van der Waals surface area contributed by atoms with E-state index in [0.717, 1.165) is 18.4 Å². The maximum atomic E-state index is 11.8. The van der Waals surface area contributed by atoms with E-state index in [2.05, 4.69) is 5.32 Å². The molecule has 1 fully saturated rings. The molecule has 21 heavy (non-hydrogen) atoms. The molecule has 1 aliphatic rings. The van der Waals surface area contributed by atoms with E-state index < -0.39 is 11.4 Å². The number of carbonyl (C=O) groups is 2. The smallest absolute Gasteiger partial charge is 0.314 e. The Balaban J connectivity index is 1.88. The summed E-state index contributed by atoms with van der Waals surface area (Å²) in [6.45, 7) is 1.92. The Labute approximate surface area is 124 Å². The summed E-state index contributed by atoms with van der Waals surface area (Å²) in [4.78, 5) is 23.0. The lowest BCUT2D eigenvalue weighted by atomic mass is 9.96. The van der Waals surface area contributed by atoms with Gasteiger partial charge in [0.25, 0.3) is 0 Å². The summed E-state index contributed by atoms with van der Waals surface area (Å²) < 4.78 is 0. The Kier molecular flexibility index (Phi) is 4.63. The van der Waals surface area contributed by atoms with Crippen molar-refractivity contribution in [1.29, 1.82) is 0 Å². The van der Waals surface area contributed by atoms with Crippen molar-refractivity contribution < 1.29 is 14.7 Å². The molecule has 0 bridgehead atoms. The number of carboxylic acids is 1. The molecule has 1 aliphatic carbocycles. The minimum absolute atomic E-state index is 0.0391. The fraction of sp³-hybridized carbons (Fsp3) is 0.500. The standard InChI is InChI=1S/C16H22N2O3/c1-11(17)3-2-4-14(19)18-13-7-5-12(6-8-13)16(9-10-16)15(20)21/h5-8,11H,2-4,9-10,17H2,1H3,(H,18,19)(H,20,21). The average molecular weight is 290 g/mol. The number of anilines is 1. The highest BCUT2D eigenvalue weighted by Crippen LogP contribution is 2.48. The third kappa shape index (κ3) is 3.82. The molecular weight excluding hydrogens is 268 g/mol. The topological polar surface area (TPSA) is 92.4 Å². The van der Waals surface area contributed by atoms with Gasteiger partial charge < -0.3 is 16.2 Å². The lowest BCUT2D eigenvalue weighted by Gasteiger charge is -2.11. The number of benzene rings is 1. The molecule has 1 aromatic rings. The molecule has 2 rings (SSSR count). The first-order valence-corrected chi connectivity index (χ1v) is 7.33. The predicted octanol–water partition coefficient (Wildman–Crippen LogP) is 2.26. The second-order valence-electron chi connectivity index (χ2n) is 5.88. The van der Waals surface area contributed by atoms with Crippen LogP contribution in [0.1, 0.15) is 44.6 Å². The van der Waals surface area contributed by atoms with Crippen LogP contribution in [0.25, 0.3) is 0 Å². The normalized spacial score (nSPS) is 17.0. The highest BCUT2D eigenvalue weighted by atomic mass is 16.4. The number of aliphatic carboxylic acids is 1. The summed E-state index contributed by atoms with van der Waals surface area (Å²) in [5.74, 6) is -0.807. The molecule has 114 valence electrons. The van der Waals surface area contributed by atoms with Gasteiger partial charge in [-0.3, -0.25) is 9.59 Å². The molecule has 1 saturated carbocycles. The quantitative estimate of drug-likeness (QED) is 0.718. The molecule has 1 amide bonds. The third-order valence-electron chi connectivity index (χ3n) is 3.94. The van der Waals surface area contributed by atoms with Crippen LogP contribution in [0.15, 0.2) is 24.3 Å². The van der Waals surface area contributed by atoms with Gasteiger partial charge in [0, 0.05) is 18.2 Å². The number of hydrogen-bond donors (Lipinski definition) is 3. The SMILES string of the molecule is CC(N)CCCC(=O)Nc1ccc(C2(C(=O)O)CC2)cc1. The summed E-state index contributed by atoms with van der Waals surface area (Å²) >= 11 is 0. The molecule has 0 aliphatic heterocycles. The van der Waals surface area contributed by atoms with Gasteiger partial charge in [0.1, 0.15) is 0 Å². The van der Waals surface area contributed by atoms with Crippen molar-refractivity contribution in [3.8, 4) is 0 Å². The Morgan fingerprint density at radius 1 is 1.33 bits per heavy atom. The van der Waals surface area contributed by atoms with Crippen LogP contribution >= 0.6 is 0 Å². The number of amides is 1. The molecule has 0 radical (unpaired) electrons. The van der Waals surface area contributed by atoms with Gasteiger partial charge >= 0.3 is 5.97 Å². The molecule has 5 nitrogen and oxygen atoms in total. The number of carboxylic acid groups (broad SMARTS) is 1. The number of nitrogens with two attached hydrogens (primary N) is 1. The number of nitrogens with one attached hydrogen (secondary N) is 1. The lowest BCUT2D eigenvalue weighted by molar-refractivity contribution is -0.140. The molecule has 1 unspecified atom stereocenters. The van der Waals surface area contributed by atoms with E-state index in [-0.39, 0.29) is 11.9 Å². The zero-order valence-electron chi connectivity index (χ0n) is 12.3. The van der Waals surface area contributed by atoms with Crippen LogP contribution < -0.4 is 11.1 Å². The van der Waals surface area contributed by atoms with E-state index in [4.69, 9.17) is 5.73 Å². The largest absolute Gasteiger partial charge is 0.481 e. The number of rotatable bonds is 7. The molecule has 0 saturated heterocycles. The first-order valence-electron chi connectivity index (χ1n) is 7.33. The van der Waals surface area contributed by atoms with E-state index in [0.29, 0.717) is 24.9 Å². The van der Waals surface area contributed by atoms with Crippen LogP contribution in [0.2, 0.25) is 0 Å². The maximum Gasteiger partial charge on any atom is 0.314 e. The molecule has 0 heterocycles. The predicted molar refractivity (Wildman–Crippen MR) is 81.1 cm³/mol. The van der Waals surface area contributed by atoms with Crippen molar-refractivity contribution in [2.75, 3.05) is 5.32 Å². The zero-order valence-corrected chi connectivity index (χ0v) is 12.3. The average Bonchev–Trinajstić information content (AvgIpc) is 3.20. The van der Waals surface area contributed by atoms with Crippen LogP contribution in [0, 0.1) is 0 Å². The Bertz CT molecular complexity index is 519. The molecule has 5 heteroatoms. The first kappa shape index (κ1) is 15.5. The number of carbonyl (C=O) groups excluding carboxylic acids is 1. The second kappa shape index (κ2) is 6.26. The van der Waals surface area contributed by atoms with Crippen molar-refractivity contribution in [1.82, 2.24) is 0 Å². The van der Waals surface area contributed by atoms with E-state index in [9.17, 15) is 14.7 Å². The molecule has 1 atom stereocenters. The molecule has 0 aromatic heterocycles. The summed E-state index contributed by atoms with van der Waals surface area (Å²) in [6.07, 6.45) is 3.41. The second-order valence-corrected chi connectivity index (χ2v) is 5.88. The van der Waals surface area contributed by atoms with E-state index in [1.165, 1.54) is 0 Å². The zero-order chi connectivity index (χ0) is 15.5. The fourth-order valence-electron chi connectivity index (χ4n) is 2.43. The summed E-state index contributed by atoms with van der Waals surface area (Å²) in [6, 6.07) is 7.23. The van der Waals surface area contributed by atoms with Crippen LogP contribution in [0.3, 0.4) is 0 Å². The molecule has 1 aromatic carbocycles. The third-order valence-corrected chi connectivity index (χ3v) is 3.94. The van der Waals surface area contributed by atoms with Gasteiger partial charge in [-0.2, -0.15) is 0 Å². The van der Waals surface area contributed by atoms with Gasteiger partial charge in [0.15, 0.2) is 0 Å². The maximum absolute atomic E-state index is 11.8. The monoisotopic (exact) mass is 290 g/mol. The van der Waals surface area contributed by atoms with Gasteiger partial charge in [0.2, 0.25) is 5.91 Å². The van der Waals surface area contributed by atoms with E-state index >= 15 is 0 Å². The van der Waals surface area contributed by atoms with Crippen molar-refractivity contribution in [2.45, 2.75) is 50.5 Å². The summed E-state index contributed by atoms with van der Waals surface area (Å²) in [5, 5.41) is 12.1. The van der Waals surface area contributed by atoms with Gasteiger partial charge in [-0.15, -0.1) is 0 Å². The van der Waals surface area contributed by atoms with Crippen molar-refractivity contribution in [2.24, 2.45) is 5.73 Å². The Morgan fingerprint density at radius 3 is 2.43 bits per heavy atom. The molecule has 4 N–H and O–H groups in total. The Hall–Kier alpha value is -1.88. The minimum atomic E-state index is -0.768. The highest BCUT2D eigenvalue weighted by Gasteiger charge is 2.51. The van der Waals surface area contributed by atoms with Crippen molar-refractivity contribution in [3.05, 3.63) is 29.8 Å². The van der Waals surface area contributed by atoms with Crippen LogP contribution in [-0.4, -0.2) is 23.0 Å². The van der Waals surface area contributed by atoms with Gasteiger partial charge in [-0.1, -0.05) is 12.1 Å². The Morgan fingerprint density at radius 2 is 1.95 bits per heavy atom. The number of hydrogen-bond acceptors (Lipinski definition) is 3. The van der Waals surface area contributed by atoms with Crippen LogP contribution in [0.5, 0.6) is 0 Å². The van der Waals surface area contributed by atoms with Gasteiger partial charge in [0.05, 0.1) is 5.41 Å².